The second kappa shape index (κ2) is 7.82. The number of anilines is 1. The first-order chi connectivity index (χ1) is 13.9. The molecule has 1 saturated heterocycles. The van der Waals surface area contributed by atoms with Crippen molar-refractivity contribution < 1.29 is 9.21 Å². The maximum atomic E-state index is 12.8. The Kier molecular flexibility index (Phi) is 5.38. The normalized spacial score (nSPS) is 19.2. The summed E-state index contributed by atoms with van der Waals surface area (Å²) < 4.78 is 7.63. The third-order valence-corrected chi connectivity index (χ3v) is 5.68. The van der Waals surface area contributed by atoms with Gasteiger partial charge >= 0.3 is 0 Å². The Balaban J connectivity index is 1.48. The largest absolute Gasteiger partial charge is 0.460 e. The highest BCUT2D eigenvalue weighted by molar-refractivity contribution is 6.35. The Labute approximate surface area is 174 Å². The number of halogens is 1. The molecule has 8 heteroatoms. The third-order valence-electron chi connectivity index (χ3n) is 5.40. The van der Waals surface area contributed by atoms with Crippen LogP contribution < -0.4 is 16.2 Å². The Morgan fingerprint density at radius 2 is 2.10 bits per heavy atom. The molecular formula is C21H26ClN5O2. The second-order valence-electron chi connectivity index (χ2n) is 7.66. The number of carbonyl (C=O) groups excluding carboxylic acids is 1. The number of aromatic nitrogens is 2. The van der Waals surface area contributed by atoms with Crippen LogP contribution in [0.1, 0.15) is 48.5 Å². The number of carbonyl (C=O) groups is 1. The maximum Gasteiger partial charge on any atom is 0.242 e. The molecule has 0 bridgehead atoms. The summed E-state index contributed by atoms with van der Waals surface area (Å²) in [5, 5.41) is 8.96. The minimum absolute atomic E-state index is 0.0407. The van der Waals surface area contributed by atoms with Crippen LogP contribution in [0.25, 0.3) is 11.0 Å². The molecule has 1 fully saturated rings. The molecule has 1 aliphatic rings. The molecule has 154 valence electrons. The van der Waals surface area contributed by atoms with E-state index < -0.39 is 0 Å². The summed E-state index contributed by atoms with van der Waals surface area (Å²) in [5.74, 6) is 0.677. The molecule has 0 radical (unpaired) electrons. The van der Waals surface area contributed by atoms with E-state index in [1.807, 2.05) is 30.7 Å². The van der Waals surface area contributed by atoms with Gasteiger partial charge < -0.3 is 9.73 Å². The van der Waals surface area contributed by atoms with Gasteiger partial charge in [-0.1, -0.05) is 18.5 Å². The number of fused-ring (bicyclic) bond motifs is 1. The van der Waals surface area contributed by atoms with E-state index in [1.54, 1.807) is 6.07 Å². The van der Waals surface area contributed by atoms with E-state index in [2.05, 4.69) is 35.1 Å². The van der Waals surface area contributed by atoms with Crippen LogP contribution in [0, 0.1) is 20.8 Å². The average Bonchev–Trinajstić information content (AvgIpc) is 3.34. The SMILES string of the molecule is CCCn1nc(C)c(C2CC(C(=O)Nc3cc(Cl)c4oc(C)cc4c3)NN2)c1C. The molecule has 2 aromatic heterocycles. The van der Waals surface area contributed by atoms with E-state index in [9.17, 15) is 4.79 Å². The zero-order valence-corrected chi connectivity index (χ0v) is 17.9. The molecule has 3 N–H and O–H groups in total. The number of hydrogen-bond acceptors (Lipinski definition) is 5. The van der Waals surface area contributed by atoms with Crippen LogP contribution in [0.4, 0.5) is 5.69 Å². The molecule has 29 heavy (non-hydrogen) atoms. The van der Waals surface area contributed by atoms with Gasteiger partial charge in [0.15, 0.2) is 5.58 Å². The highest BCUT2D eigenvalue weighted by Crippen LogP contribution is 2.31. The Morgan fingerprint density at radius 1 is 1.31 bits per heavy atom. The number of rotatable bonds is 5. The second-order valence-corrected chi connectivity index (χ2v) is 8.07. The van der Waals surface area contributed by atoms with Crippen molar-refractivity contribution in [2.45, 2.75) is 59.2 Å². The van der Waals surface area contributed by atoms with Crippen LogP contribution in [0.2, 0.25) is 5.02 Å². The number of amides is 1. The fourth-order valence-electron chi connectivity index (χ4n) is 4.10. The van der Waals surface area contributed by atoms with E-state index >= 15 is 0 Å². The number of nitrogens with one attached hydrogen (secondary N) is 3. The van der Waals surface area contributed by atoms with Crippen molar-refractivity contribution in [3.63, 3.8) is 0 Å². The van der Waals surface area contributed by atoms with Crippen molar-refractivity contribution >= 4 is 34.2 Å². The van der Waals surface area contributed by atoms with E-state index in [1.165, 1.54) is 5.56 Å². The summed E-state index contributed by atoms with van der Waals surface area (Å²) in [6, 6.07) is 5.18. The molecule has 1 amide bonds. The monoisotopic (exact) mass is 415 g/mol. The van der Waals surface area contributed by atoms with Gasteiger partial charge in [-0.2, -0.15) is 5.10 Å². The van der Waals surface area contributed by atoms with Gasteiger partial charge in [-0.25, -0.2) is 10.9 Å². The third kappa shape index (κ3) is 3.77. The summed E-state index contributed by atoms with van der Waals surface area (Å²) in [6.45, 7) is 9.02. The van der Waals surface area contributed by atoms with Crippen molar-refractivity contribution in [3.05, 3.63) is 45.9 Å². The summed E-state index contributed by atoms with van der Waals surface area (Å²) >= 11 is 6.30. The summed E-state index contributed by atoms with van der Waals surface area (Å²) in [6.07, 6.45) is 1.68. The Hall–Kier alpha value is -2.35. The van der Waals surface area contributed by atoms with Gasteiger partial charge in [0.2, 0.25) is 5.91 Å². The molecule has 3 aromatic rings. The highest BCUT2D eigenvalue weighted by Gasteiger charge is 2.33. The molecule has 1 aromatic carbocycles. The molecular weight excluding hydrogens is 390 g/mol. The number of furan rings is 1. The number of hydrazine groups is 1. The summed E-state index contributed by atoms with van der Waals surface area (Å²) in [5.41, 5.74) is 11.0. The first kappa shape index (κ1) is 19.9. The summed E-state index contributed by atoms with van der Waals surface area (Å²) in [4.78, 5) is 12.8. The number of nitrogens with zero attached hydrogens (tertiary/aromatic N) is 2. The zero-order valence-electron chi connectivity index (χ0n) is 17.1. The highest BCUT2D eigenvalue weighted by atomic mass is 35.5. The molecule has 2 unspecified atom stereocenters. The van der Waals surface area contributed by atoms with Gasteiger partial charge in [0.05, 0.1) is 16.8 Å². The molecule has 7 nitrogen and oxygen atoms in total. The van der Waals surface area contributed by atoms with E-state index in [4.69, 9.17) is 16.0 Å². The molecule has 0 saturated carbocycles. The van der Waals surface area contributed by atoms with Crippen molar-refractivity contribution in [3.8, 4) is 0 Å². The van der Waals surface area contributed by atoms with Crippen LogP contribution in [0.5, 0.6) is 0 Å². The van der Waals surface area contributed by atoms with Gasteiger partial charge in [-0.15, -0.1) is 0 Å². The van der Waals surface area contributed by atoms with Crippen LogP contribution in [-0.4, -0.2) is 21.7 Å². The lowest BCUT2D eigenvalue weighted by atomic mass is 10.00. The first-order valence-electron chi connectivity index (χ1n) is 9.93. The molecule has 0 aliphatic carbocycles. The van der Waals surface area contributed by atoms with Crippen molar-refractivity contribution in [2.75, 3.05) is 5.32 Å². The minimum atomic E-state index is -0.353. The zero-order chi connectivity index (χ0) is 20.7. The van der Waals surface area contributed by atoms with Crippen LogP contribution >= 0.6 is 11.6 Å². The topological polar surface area (TPSA) is 84.1 Å². The molecule has 2 atom stereocenters. The van der Waals surface area contributed by atoms with Crippen LogP contribution in [0.3, 0.4) is 0 Å². The molecule has 1 aliphatic heterocycles. The lowest BCUT2D eigenvalue weighted by Crippen LogP contribution is -2.39. The average molecular weight is 416 g/mol. The standard InChI is InChI=1S/C21H26ClN5O2/c1-5-6-27-13(4)19(12(3)26-27)17-10-18(25-24-17)21(28)23-15-8-14-7-11(2)29-20(14)16(22)9-15/h7-9,17-18,24-25H,5-6,10H2,1-4H3,(H,23,28). The van der Waals surface area contributed by atoms with Crippen LogP contribution in [0.15, 0.2) is 22.6 Å². The predicted octanol–water partition coefficient (Wildman–Crippen LogP) is 4.16. The molecule has 4 rings (SSSR count). The van der Waals surface area contributed by atoms with Crippen molar-refractivity contribution in [1.29, 1.82) is 0 Å². The number of benzene rings is 1. The predicted molar refractivity (Wildman–Crippen MR) is 114 cm³/mol. The number of aryl methyl sites for hydroxylation is 3. The quantitative estimate of drug-likeness (QED) is 0.582. The molecule has 0 spiro atoms. The summed E-state index contributed by atoms with van der Waals surface area (Å²) in [7, 11) is 0. The van der Waals surface area contributed by atoms with Gasteiger partial charge in [-0.3, -0.25) is 9.48 Å². The van der Waals surface area contributed by atoms with Gasteiger partial charge in [0, 0.05) is 28.9 Å². The fourth-order valence-corrected chi connectivity index (χ4v) is 4.37. The number of hydrogen-bond donors (Lipinski definition) is 3. The van der Waals surface area contributed by atoms with Gasteiger partial charge in [0.1, 0.15) is 11.8 Å². The Morgan fingerprint density at radius 3 is 2.86 bits per heavy atom. The van der Waals surface area contributed by atoms with E-state index in [-0.39, 0.29) is 18.0 Å². The maximum absolute atomic E-state index is 12.8. The van der Waals surface area contributed by atoms with E-state index in [0.717, 1.165) is 35.5 Å². The Bertz CT molecular complexity index is 1070. The van der Waals surface area contributed by atoms with E-state index in [0.29, 0.717) is 22.7 Å². The molecule has 3 heterocycles. The smallest absolute Gasteiger partial charge is 0.242 e. The van der Waals surface area contributed by atoms with Crippen molar-refractivity contribution in [2.24, 2.45) is 0 Å². The van der Waals surface area contributed by atoms with Crippen molar-refractivity contribution in [1.82, 2.24) is 20.6 Å². The first-order valence-corrected chi connectivity index (χ1v) is 10.3. The minimum Gasteiger partial charge on any atom is -0.460 e. The van der Waals surface area contributed by atoms with Gasteiger partial charge in [-0.05, 0) is 51.8 Å². The van der Waals surface area contributed by atoms with Gasteiger partial charge in [0.25, 0.3) is 0 Å². The van der Waals surface area contributed by atoms with Crippen LogP contribution in [-0.2, 0) is 11.3 Å². The lowest BCUT2D eigenvalue weighted by Gasteiger charge is -2.12. The lowest BCUT2D eigenvalue weighted by molar-refractivity contribution is -0.117. The fraction of sp³-hybridized carbons (Fsp3) is 0.429.